The van der Waals surface area contributed by atoms with Crippen molar-refractivity contribution in [2.24, 2.45) is 0 Å². The molecule has 0 saturated heterocycles. The van der Waals surface area contributed by atoms with Gasteiger partial charge in [-0.05, 0) is 44.0 Å². The Morgan fingerprint density at radius 2 is 1.68 bits per heavy atom. The zero-order valence-corrected chi connectivity index (χ0v) is 21.2. The maximum absolute atomic E-state index is 12.6. The monoisotopic (exact) mass is 936 g/mol. The van der Waals surface area contributed by atoms with Gasteiger partial charge in [-0.1, -0.05) is 15.9 Å². The molecule has 166 valence electrons. The number of unbranched alkanes of at least 4 members (excludes halogenated alkanes) is 1. The quantitative estimate of drug-likeness (QED) is 0.213. The number of halogens is 1. The number of rotatable bonds is 8. The standard InChI is InChI=1S/C20H21BrNO4.2No/c1-2-25-19(23)10-6-7-15-22(17-13-11-16(21)12-14-17)20(24)26-18-8-4-3-5-9-18;;/h4-5,8-9,11-14H,2,6-7,10,15H2,1H3;;/q-1;;. The second-order valence-electron chi connectivity index (χ2n) is 5.49. The van der Waals surface area contributed by atoms with Crippen molar-refractivity contribution >= 4 is 33.7 Å². The summed E-state index contributed by atoms with van der Waals surface area (Å²) in [5, 5.41) is 0. The van der Waals surface area contributed by atoms with E-state index in [1.807, 2.05) is 24.3 Å². The Bertz CT molecular complexity index is 714. The average Bonchev–Trinajstić information content (AvgIpc) is 2.64. The van der Waals surface area contributed by atoms with E-state index in [1.54, 1.807) is 36.1 Å². The van der Waals surface area contributed by atoms with Crippen LogP contribution < -0.4 is 9.64 Å². The van der Waals surface area contributed by atoms with Gasteiger partial charge in [0.1, 0.15) is 0 Å². The normalized spacial score (nSPS) is 9.50. The topological polar surface area (TPSA) is 55.8 Å². The molecule has 28 heavy (non-hydrogen) atoms. The summed E-state index contributed by atoms with van der Waals surface area (Å²) in [6.07, 6.45) is 1.17. The number of ether oxygens (including phenoxy) is 2. The van der Waals surface area contributed by atoms with E-state index in [0.717, 1.165) is 10.2 Å². The van der Waals surface area contributed by atoms with E-state index >= 15 is 0 Å². The minimum atomic E-state index is -0.463. The summed E-state index contributed by atoms with van der Waals surface area (Å²) < 4.78 is 11.3. The molecule has 0 radical (unpaired) electrons. The van der Waals surface area contributed by atoms with Crippen molar-refractivity contribution < 1.29 is 19.1 Å². The van der Waals surface area contributed by atoms with Crippen LogP contribution in [0.1, 0.15) is 26.2 Å². The molecule has 0 heterocycles. The molecule has 2 rings (SSSR count). The maximum atomic E-state index is 12.6. The van der Waals surface area contributed by atoms with Crippen LogP contribution in [0.4, 0.5) is 10.5 Å². The van der Waals surface area contributed by atoms with Gasteiger partial charge >= 0.3 is 12.1 Å². The van der Waals surface area contributed by atoms with E-state index < -0.39 is 6.09 Å². The molecule has 0 aliphatic carbocycles. The van der Waals surface area contributed by atoms with Gasteiger partial charge in [-0.15, -0.1) is 12.1 Å². The molecule has 0 saturated carbocycles. The van der Waals surface area contributed by atoms with Crippen molar-refractivity contribution in [3.05, 3.63) is 59.1 Å². The first-order valence-electron chi connectivity index (χ1n) is 8.47. The number of anilines is 1. The van der Waals surface area contributed by atoms with Crippen molar-refractivity contribution in [1.29, 1.82) is 0 Å². The number of hydrogen-bond acceptors (Lipinski definition) is 4. The number of amides is 1. The van der Waals surface area contributed by atoms with Gasteiger partial charge in [0.15, 0.2) is 0 Å². The van der Waals surface area contributed by atoms with Gasteiger partial charge in [0.05, 0.1) is 6.61 Å². The van der Waals surface area contributed by atoms with Crippen LogP contribution in [-0.4, -0.2) is 25.2 Å². The molecular weight excluding hydrogens is 916 g/mol. The molecule has 1 amide bonds. The number of benzene rings is 2. The molecule has 2 aromatic rings. The summed E-state index contributed by atoms with van der Waals surface area (Å²) in [4.78, 5) is 25.6. The molecule has 0 spiro atoms. The van der Waals surface area contributed by atoms with Crippen molar-refractivity contribution in [3.63, 3.8) is 0 Å². The molecule has 0 aromatic heterocycles. The Balaban J connectivity index is 0.00000364. The first-order valence-corrected chi connectivity index (χ1v) is 9.26. The zero-order chi connectivity index (χ0) is 18.8. The Morgan fingerprint density at radius 3 is 2.29 bits per heavy atom. The first kappa shape index (κ1) is 23.7. The number of carbonyl (C=O) groups excluding carboxylic acids is 2. The third kappa shape index (κ3) is 7.27. The SMILES string of the molecule is CCOC(=O)CCCCN(C(=O)Oc1cc[c-]cc1)c1ccc(Br)cc1.[No].[No]. The van der Waals surface area contributed by atoms with Crippen LogP contribution in [-0.2, 0) is 9.53 Å². The number of esters is 1. The van der Waals surface area contributed by atoms with E-state index in [1.165, 1.54) is 0 Å². The van der Waals surface area contributed by atoms with Gasteiger partial charge in [0, 0.05) is 28.9 Å². The van der Waals surface area contributed by atoms with Gasteiger partial charge in [0.25, 0.3) is 0 Å². The minimum absolute atomic E-state index is 0. The van der Waals surface area contributed by atoms with Gasteiger partial charge in [-0.25, -0.2) is 4.79 Å². The van der Waals surface area contributed by atoms with E-state index in [0.29, 0.717) is 38.2 Å². The summed E-state index contributed by atoms with van der Waals surface area (Å²) in [5.41, 5.74) is 0.733. The second kappa shape index (κ2) is 12.1. The van der Waals surface area contributed by atoms with Crippen molar-refractivity contribution in [2.45, 2.75) is 26.2 Å². The van der Waals surface area contributed by atoms with Gasteiger partial charge in [-0.2, -0.15) is 18.2 Å². The summed E-state index contributed by atoms with van der Waals surface area (Å²) in [6.45, 7) is 2.61. The molecule has 5 nitrogen and oxygen atoms in total. The van der Waals surface area contributed by atoms with Crippen LogP contribution in [0.2, 0.25) is 0 Å². The maximum Gasteiger partial charge on any atom is 0.417 e. The molecule has 0 fully saturated rings. The van der Waals surface area contributed by atoms with Crippen molar-refractivity contribution in [3.8, 4) is 5.75 Å². The van der Waals surface area contributed by atoms with Crippen LogP contribution in [0.15, 0.2) is 53.0 Å². The first-order chi connectivity index (χ1) is 12.6. The van der Waals surface area contributed by atoms with E-state index in [2.05, 4.69) is 22.0 Å². The fourth-order valence-electron chi connectivity index (χ4n) is 2.31. The summed E-state index contributed by atoms with van der Waals surface area (Å²) in [5.74, 6) is 0.244. The Kier molecular flexibility index (Phi) is 10.2. The fourth-order valence-corrected chi connectivity index (χ4v) is 2.58. The molecule has 0 bridgehead atoms. The van der Waals surface area contributed by atoms with Gasteiger partial charge in [-0.3, -0.25) is 9.69 Å². The molecule has 8 heteroatoms. The summed E-state index contributed by atoms with van der Waals surface area (Å²) >= 11 is 3.39. The van der Waals surface area contributed by atoms with Gasteiger partial charge in [0.2, 0.25) is 0 Å². The van der Waals surface area contributed by atoms with Crippen LogP contribution in [0.5, 0.6) is 5.75 Å². The van der Waals surface area contributed by atoms with Crippen LogP contribution in [0.25, 0.3) is 0 Å². The Hall–Kier alpha value is -4.34. The van der Waals surface area contributed by atoms with E-state index in [4.69, 9.17) is 9.47 Å². The van der Waals surface area contributed by atoms with Crippen molar-refractivity contribution in [1.82, 2.24) is 0 Å². The molecule has 0 aliphatic heterocycles. The zero-order valence-electron chi connectivity index (χ0n) is 15.1. The molecule has 0 atom stereocenters. The summed E-state index contributed by atoms with van der Waals surface area (Å²) in [7, 11) is 0. The van der Waals surface area contributed by atoms with Crippen LogP contribution in [0.3, 0.4) is 0 Å². The third-order valence-electron chi connectivity index (χ3n) is 3.57. The summed E-state index contributed by atoms with van der Waals surface area (Å²) in [6, 6.07) is 17.0. The van der Waals surface area contributed by atoms with E-state index in [-0.39, 0.29) is 5.97 Å². The Morgan fingerprint density at radius 1 is 1.04 bits per heavy atom. The molecule has 0 unspecified atom stereocenters. The average molecular weight is 937 g/mol. The van der Waals surface area contributed by atoms with Crippen LogP contribution in [0, 0.1) is 6.07 Å². The molecular formula is C20H21BrNNo2O4-. The molecule has 2 aromatic carbocycles. The molecule has 0 N–H and O–H groups in total. The van der Waals surface area contributed by atoms with Crippen molar-refractivity contribution in [2.75, 3.05) is 18.1 Å². The smallest absolute Gasteiger partial charge is 0.417 e. The number of carbonyl (C=O) groups is 2. The predicted octanol–water partition coefficient (Wildman–Crippen LogP) is 4.99. The van der Waals surface area contributed by atoms with E-state index in [9.17, 15) is 9.59 Å². The van der Waals surface area contributed by atoms with Gasteiger partial charge < -0.3 is 9.47 Å². The van der Waals surface area contributed by atoms with Crippen LogP contribution >= 0.6 is 15.9 Å². The minimum Gasteiger partial charge on any atom is -0.466 e. The predicted molar refractivity (Wildman–Crippen MR) is 103 cm³/mol. The largest absolute Gasteiger partial charge is 0.466 e. The second-order valence-corrected chi connectivity index (χ2v) is 6.41. The molecule has 0 aliphatic rings. The third-order valence-corrected chi connectivity index (χ3v) is 4.10. The Labute approximate surface area is 162 Å². The number of nitrogens with zero attached hydrogens (tertiary/aromatic N) is 1. The number of hydrogen-bond donors (Lipinski definition) is 0. The fraction of sp³-hybridized carbons (Fsp3) is 0.300.